The second-order valence-corrected chi connectivity index (χ2v) is 7.42. The van der Waals surface area contributed by atoms with Crippen LogP contribution in [-0.2, 0) is 24.9 Å². The van der Waals surface area contributed by atoms with Crippen LogP contribution in [0.25, 0.3) is 22.0 Å². The molecular formula is C25H24IrNO2-. The molecule has 151 valence electrons. The molecule has 1 saturated carbocycles. The molecule has 2 aromatic carbocycles. The van der Waals surface area contributed by atoms with Crippen molar-refractivity contribution in [1.82, 2.24) is 4.98 Å². The van der Waals surface area contributed by atoms with E-state index in [1.165, 1.54) is 10.8 Å². The third kappa shape index (κ3) is 4.83. The van der Waals surface area contributed by atoms with Crippen molar-refractivity contribution in [2.24, 2.45) is 5.92 Å². The Hall–Kier alpha value is -2.29. The number of pyridine rings is 1. The Labute approximate surface area is 185 Å². The molecular weight excluding hydrogens is 538 g/mol. The van der Waals surface area contributed by atoms with Crippen molar-refractivity contribution < 1.29 is 30.0 Å². The van der Waals surface area contributed by atoms with Gasteiger partial charge in [0.2, 0.25) is 0 Å². The predicted octanol–water partition coefficient (Wildman–Crippen LogP) is 6.05. The molecule has 5 rings (SSSR count). The van der Waals surface area contributed by atoms with Crippen LogP contribution in [-0.4, -0.2) is 15.9 Å². The molecule has 3 nitrogen and oxygen atoms in total. The van der Waals surface area contributed by atoms with Gasteiger partial charge >= 0.3 is 0 Å². The third-order valence-corrected chi connectivity index (χ3v) is 5.58. The van der Waals surface area contributed by atoms with Crippen molar-refractivity contribution in [3.05, 3.63) is 78.2 Å². The summed E-state index contributed by atoms with van der Waals surface area (Å²) in [4.78, 5) is 15.9. The minimum Gasteiger partial charge on any atom is -0.512 e. The van der Waals surface area contributed by atoms with E-state index in [9.17, 15) is 9.90 Å². The van der Waals surface area contributed by atoms with E-state index in [2.05, 4.69) is 23.2 Å². The van der Waals surface area contributed by atoms with Gasteiger partial charge in [-0.25, -0.2) is 0 Å². The summed E-state index contributed by atoms with van der Waals surface area (Å²) in [7, 11) is 0. The van der Waals surface area contributed by atoms with Crippen LogP contribution in [0.5, 0.6) is 0 Å². The number of allylic oxidation sites excluding steroid dienone is 2. The fourth-order valence-electron chi connectivity index (χ4n) is 4.23. The Morgan fingerprint density at radius 2 is 1.72 bits per heavy atom. The Balaban J connectivity index is 0.000000167. The zero-order valence-electron chi connectivity index (χ0n) is 16.2. The van der Waals surface area contributed by atoms with Gasteiger partial charge in [0.05, 0.1) is 5.76 Å². The van der Waals surface area contributed by atoms with Crippen LogP contribution in [0.2, 0.25) is 0 Å². The summed E-state index contributed by atoms with van der Waals surface area (Å²) >= 11 is 0. The van der Waals surface area contributed by atoms with Gasteiger partial charge in [0, 0.05) is 44.7 Å². The first-order valence-electron chi connectivity index (χ1n) is 10.00. The predicted molar refractivity (Wildman–Crippen MR) is 112 cm³/mol. The Kier molecular flexibility index (Phi) is 7.35. The van der Waals surface area contributed by atoms with Crippen molar-refractivity contribution in [2.75, 3.05) is 0 Å². The van der Waals surface area contributed by atoms with E-state index in [-0.39, 0.29) is 25.9 Å². The summed E-state index contributed by atoms with van der Waals surface area (Å²) in [6, 6.07) is 21.4. The molecule has 0 saturated heterocycles. The molecule has 0 aliphatic heterocycles. The molecule has 1 fully saturated rings. The topological polar surface area (TPSA) is 50.2 Å². The van der Waals surface area contributed by atoms with Crippen molar-refractivity contribution in [1.29, 1.82) is 0 Å². The normalized spacial score (nSPS) is 18.3. The molecule has 0 spiro atoms. The summed E-state index contributed by atoms with van der Waals surface area (Å²) in [5.41, 5.74) is 2.81. The number of carbonyl (C=O) groups is 1. The number of rotatable bonds is 1. The van der Waals surface area contributed by atoms with E-state index < -0.39 is 0 Å². The Morgan fingerprint density at radius 1 is 0.966 bits per heavy atom. The van der Waals surface area contributed by atoms with Gasteiger partial charge in [-0.1, -0.05) is 24.3 Å². The van der Waals surface area contributed by atoms with Crippen molar-refractivity contribution >= 4 is 16.6 Å². The number of aliphatic hydroxyl groups is 1. The van der Waals surface area contributed by atoms with E-state index in [4.69, 9.17) is 0 Å². The Bertz CT molecular complexity index is 1010. The average Bonchev–Trinajstić information content (AvgIpc) is 2.75. The molecule has 1 atom stereocenters. The molecule has 1 N–H and O–H groups in total. The Morgan fingerprint density at radius 3 is 2.48 bits per heavy atom. The van der Waals surface area contributed by atoms with E-state index in [1.807, 2.05) is 48.7 Å². The molecule has 2 aliphatic rings. The third-order valence-electron chi connectivity index (χ3n) is 5.58. The smallest absolute Gasteiger partial charge is 0.162 e. The van der Waals surface area contributed by atoms with Crippen LogP contribution in [0.15, 0.2) is 72.1 Å². The maximum absolute atomic E-state index is 11.4. The first-order valence-corrected chi connectivity index (χ1v) is 10.00. The van der Waals surface area contributed by atoms with Crippen LogP contribution < -0.4 is 0 Å². The SMILES string of the molecule is O=C1CCCC2CCCC(O)=C12.[Ir].[c-]1ccccc1-c1nccc2ccccc12. The van der Waals surface area contributed by atoms with Gasteiger partial charge in [0.15, 0.2) is 5.78 Å². The fraction of sp³-hybridized carbons (Fsp3) is 0.280. The minimum atomic E-state index is 0. The average molecular weight is 563 g/mol. The quantitative estimate of drug-likeness (QED) is 0.368. The summed E-state index contributed by atoms with van der Waals surface area (Å²) < 4.78 is 0. The summed E-state index contributed by atoms with van der Waals surface area (Å²) in [6.07, 6.45) is 7.48. The van der Waals surface area contributed by atoms with Crippen LogP contribution >= 0.6 is 0 Å². The first kappa shape index (κ1) is 21.4. The maximum atomic E-state index is 11.4. The van der Waals surface area contributed by atoms with Crippen LogP contribution in [0.3, 0.4) is 0 Å². The summed E-state index contributed by atoms with van der Waals surface area (Å²) in [5, 5.41) is 11.9. The second-order valence-electron chi connectivity index (χ2n) is 7.42. The zero-order chi connectivity index (χ0) is 19.3. The van der Waals surface area contributed by atoms with Gasteiger partial charge in [-0.05, 0) is 54.1 Å². The van der Waals surface area contributed by atoms with Gasteiger partial charge in [0.25, 0.3) is 0 Å². The number of aliphatic hydroxyl groups excluding tert-OH is 1. The number of nitrogens with zero attached hydrogens (tertiary/aromatic N) is 1. The number of aromatic nitrogens is 1. The number of benzene rings is 2. The van der Waals surface area contributed by atoms with Gasteiger partial charge in [0.1, 0.15) is 0 Å². The first-order chi connectivity index (χ1) is 13.7. The molecule has 1 unspecified atom stereocenters. The monoisotopic (exact) mass is 563 g/mol. The maximum Gasteiger partial charge on any atom is 0.162 e. The largest absolute Gasteiger partial charge is 0.512 e. The molecule has 0 bridgehead atoms. The number of hydrogen-bond donors (Lipinski definition) is 1. The molecule has 4 heteroatoms. The van der Waals surface area contributed by atoms with Crippen LogP contribution in [0, 0.1) is 12.0 Å². The number of fused-ring (bicyclic) bond motifs is 2. The molecule has 3 aromatic rings. The molecule has 1 heterocycles. The van der Waals surface area contributed by atoms with Gasteiger partial charge in [-0.15, -0.1) is 35.9 Å². The van der Waals surface area contributed by atoms with E-state index >= 15 is 0 Å². The summed E-state index contributed by atoms with van der Waals surface area (Å²) in [5.74, 6) is 0.972. The molecule has 1 aromatic heterocycles. The van der Waals surface area contributed by atoms with Crippen LogP contribution in [0.4, 0.5) is 0 Å². The van der Waals surface area contributed by atoms with Crippen molar-refractivity contribution in [3.8, 4) is 11.3 Å². The summed E-state index contributed by atoms with van der Waals surface area (Å²) in [6.45, 7) is 0. The van der Waals surface area contributed by atoms with E-state index in [0.717, 1.165) is 48.9 Å². The standard InChI is InChI=1S/C15H10N.C10H14O2.Ir/c1-2-7-13(8-3-1)15-14-9-5-4-6-12(14)10-11-16-15;11-8-5-1-3-7-4-2-6-9(12)10(7)8;/h1-7,9-11H;7,11H,1-6H2;/q-1;;. The van der Waals surface area contributed by atoms with Gasteiger partial charge < -0.3 is 10.1 Å². The molecule has 0 amide bonds. The van der Waals surface area contributed by atoms with E-state index in [1.54, 1.807) is 0 Å². The molecule has 29 heavy (non-hydrogen) atoms. The number of hydrogen-bond acceptors (Lipinski definition) is 3. The number of ketones is 1. The number of carbonyl (C=O) groups excluding carboxylic acids is 1. The van der Waals surface area contributed by atoms with E-state index in [0.29, 0.717) is 18.1 Å². The number of Topliss-reactive ketones (excluding diaryl/α,β-unsaturated/α-hetero) is 1. The fourth-order valence-corrected chi connectivity index (χ4v) is 4.23. The van der Waals surface area contributed by atoms with Crippen LogP contribution in [0.1, 0.15) is 38.5 Å². The molecule has 2 aliphatic carbocycles. The zero-order valence-corrected chi connectivity index (χ0v) is 18.6. The van der Waals surface area contributed by atoms with Crippen molar-refractivity contribution in [3.63, 3.8) is 0 Å². The van der Waals surface area contributed by atoms with Gasteiger partial charge in [-0.3, -0.25) is 4.79 Å². The van der Waals surface area contributed by atoms with Gasteiger partial charge in [-0.2, -0.15) is 0 Å². The molecule has 1 radical (unpaired) electrons. The second kappa shape index (κ2) is 9.95. The minimum absolute atomic E-state index is 0. The van der Waals surface area contributed by atoms with Crippen molar-refractivity contribution in [2.45, 2.75) is 38.5 Å².